The lowest BCUT2D eigenvalue weighted by Gasteiger charge is -2.35. The fraction of sp³-hybridized carbons (Fsp3) is 0.867. The summed E-state index contributed by atoms with van der Waals surface area (Å²) < 4.78 is 165. The predicted octanol–water partition coefficient (Wildman–Crippen LogP) is -0.434. The molecule has 2 rings (SSSR count). The average Bonchev–Trinajstić information content (AvgIpc) is 0.812. The van der Waals surface area contributed by atoms with E-state index in [0.717, 1.165) is 37.1 Å². The number of carboxylic acids is 3. The van der Waals surface area contributed by atoms with Crippen molar-refractivity contribution in [3.05, 3.63) is 17.7 Å². The molecule has 46 heteroatoms. The van der Waals surface area contributed by atoms with Gasteiger partial charge in [0, 0.05) is 91.5 Å². The number of benzene rings is 1. The number of amides is 3. The van der Waals surface area contributed by atoms with Crippen LogP contribution in [0.5, 0.6) is 17.2 Å². The van der Waals surface area contributed by atoms with Gasteiger partial charge in [-0.25, -0.2) is 0 Å². The number of aliphatic carboxylic acids is 3. The van der Waals surface area contributed by atoms with E-state index in [1.165, 1.54) is 12.1 Å². The molecule has 0 unspecified atom stereocenters. The van der Waals surface area contributed by atoms with Crippen molar-refractivity contribution in [1.29, 1.82) is 0 Å². The summed E-state index contributed by atoms with van der Waals surface area (Å²) in [6.07, 6.45) is 1.28. The van der Waals surface area contributed by atoms with Crippen LogP contribution in [0.2, 0.25) is 0 Å². The Morgan fingerprint density at radius 1 is 0.279 bits per heavy atom. The molecule has 1 aromatic carbocycles. The SMILES string of the molecule is CC[N+](CC)(CC)CCCNC(=O)CCOCCOCCOCCOCCOCCOCCOCCOCCOc1c(OCCOCCOCCOCCOCCOCCOCCOCCOCCOC)cc(C(=O)NCNC(=O)CN2CCN(CC(=O)O)CCN(CC(=O)O)CCN(CC(=O)O)CC2)cc1OCCOCCOCCOCCOCCOCCOCCOCCOCCOC. The predicted molar refractivity (Wildman–Crippen MR) is 494 cm³/mol. The first-order valence-electron chi connectivity index (χ1n) is 47.8. The van der Waals surface area contributed by atoms with E-state index in [1.807, 2.05) is 0 Å². The molecule has 3 amide bonds. The Kier molecular flexibility index (Phi) is 88.6. The number of carbonyl (C=O) groups is 6. The minimum absolute atomic E-state index is 0.000750. The summed E-state index contributed by atoms with van der Waals surface area (Å²) in [6.45, 7) is 30.7. The Morgan fingerprint density at radius 2 is 0.500 bits per heavy atom. The van der Waals surface area contributed by atoms with Crippen molar-refractivity contribution in [2.45, 2.75) is 33.6 Å². The Balaban J connectivity index is 2.01. The number of nitrogens with zero attached hydrogens (tertiary/aromatic N) is 5. The summed E-state index contributed by atoms with van der Waals surface area (Å²) in [7, 11) is 3.25. The lowest BCUT2D eigenvalue weighted by molar-refractivity contribution is -0.923. The minimum Gasteiger partial charge on any atom is -0.487 e. The van der Waals surface area contributed by atoms with E-state index in [4.69, 9.17) is 137 Å². The van der Waals surface area contributed by atoms with Crippen molar-refractivity contribution in [2.24, 2.45) is 0 Å². The number of carboxylic acid groups (broad SMARTS) is 3. The molecule has 0 aliphatic carbocycles. The van der Waals surface area contributed by atoms with Gasteiger partial charge in [0.05, 0.1) is 389 Å². The van der Waals surface area contributed by atoms with Crippen molar-refractivity contribution in [2.75, 3.05) is 482 Å². The van der Waals surface area contributed by atoms with E-state index in [2.05, 4.69) is 36.7 Å². The fourth-order valence-electron chi connectivity index (χ4n) is 12.3. The zero-order valence-electron chi connectivity index (χ0n) is 82.1. The van der Waals surface area contributed by atoms with Gasteiger partial charge in [0.25, 0.3) is 5.91 Å². The van der Waals surface area contributed by atoms with Crippen LogP contribution in [0.1, 0.15) is 44.0 Å². The molecule has 136 heavy (non-hydrogen) atoms. The number of rotatable bonds is 102. The third kappa shape index (κ3) is 79.8. The highest BCUT2D eigenvalue weighted by molar-refractivity contribution is 5.96. The maximum atomic E-state index is 14.2. The second kappa shape index (κ2) is 95.4. The van der Waals surface area contributed by atoms with E-state index in [-0.39, 0.29) is 193 Å². The number of carbonyl (C=O) groups excluding carboxylic acids is 3. The van der Waals surface area contributed by atoms with Gasteiger partial charge in [-0.2, -0.15) is 0 Å². The number of quaternary nitrogens is 1. The molecule has 6 N–H and O–H groups in total. The second-order valence-corrected chi connectivity index (χ2v) is 30.1. The smallest absolute Gasteiger partial charge is 0.317 e. The fourth-order valence-corrected chi connectivity index (χ4v) is 12.3. The first kappa shape index (κ1) is 126. The number of nitrogens with one attached hydrogen (secondary N) is 3. The molecule has 0 aromatic heterocycles. The summed E-state index contributed by atoms with van der Waals surface area (Å²) in [5, 5.41) is 37.5. The summed E-state index contributed by atoms with van der Waals surface area (Å²) >= 11 is 0. The third-order valence-electron chi connectivity index (χ3n) is 19.9. The number of ether oxygens (including phenoxy) is 29. The zero-order chi connectivity index (χ0) is 98.2. The van der Waals surface area contributed by atoms with Crippen LogP contribution in [-0.4, -0.2) is 557 Å². The Hall–Kier alpha value is -5.80. The average molecular weight is 1970 g/mol. The molecule has 46 nitrogen and oxygen atoms in total. The molecule has 1 aliphatic heterocycles. The molecule has 1 aliphatic rings. The van der Waals surface area contributed by atoms with E-state index >= 15 is 0 Å². The Labute approximate surface area is 804 Å². The molecular weight excluding hydrogens is 1800 g/mol. The van der Waals surface area contributed by atoms with Crippen molar-refractivity contribution >= 4 is 35.6 Å². The molecule has 0 saturated carbocycles. The molecule has 0 atom stereocenters. The molecule has 0 radical (unpaired) electrons. The van der Waals surface area contributed by atoms with Gasteiger partial charge in [-0.1, -0.05) is 0 Å². The van der Waals surface area contributed by atoms with Gasteiger partial charge in [-0.15, -0.1) is 0 Å². The topological polar surface area (TPSA) is 480 Å². The lowest BCUT2D eigenvalue weighted by Crippen LogP contribution is -2.50. The van der Waals surface area contributed by atoms with Crippen LogP contribution in [-0.2, 0) is 147 Å². The van der Waals surface area contributed by atoms with Crippen molar-refractivity contribution < 1.29 is 186 Å². The molecule has 0 spiro atoms. The van der Waals surface area contributed by atoms with E-state index < -0.39 is 29.7 Å². The summed E-state index contributed by atoms with van der Waals surface area (Å²) in [5.74, 6) is -4.03. The van der Waals surface area contributed by atoms with Crippen LogP contribution in [0, 0.1) is 0 Å². The van der Waals surface area contributed by atoms with E-state index in [0.29, 0.717) is 284 Å². The van der Waals surface area contributed by atoms with Crippen LogP contribution < -0.4 is 30.2 Å². The first-order valence-corrected chi connectivity index (χ1v) is 47.8. The van der Waals surface area contributed by atoms with Crippen LogP contribution >= 0.6 is 0 Å². The van der Waals surface area contributed by atoms with Crippen LogP contribution in [0.4, 0.5) is 0 Å². The normalized spacial score (nSPS) is 13.4. The number of hydrogen-bond acceptors (Lipinski definition) is 39. The van der Waals surface area contributed by atoms with Crippen molar-refractivity contribution in [3.63, 3.8) is 0 Å². The standard InChI is InChI=1S/C90H168N8O38/c1-6-98(7-2,8-3)20-9-11-91-84(99)10-21-110-26-27-113-32-33-116-38-39-119-44-45-124-52-55-127-58-61-130-64-67-133-70-73-136-89-82(134-71-68-131-65-62-128-59-56-125-53-50-122-48-46-120-42-40-117-36-34-114-30-28-111-24-22-108-4)74-81(75-83(89)135-72-69-132-66-63-129-60-57-126-54-51-123-49-47-121-43-41-118-37-35-115-31-29-112-25-23-109-5)90(107)93-80-92-85(100)76-94-12-14-95(77-86(101)102)16-18-97(79-88(105)106)19-17-96(15-13-94)78-87(103)104/h74-75H,6-73,76-80H2,1-5H3,(H5-,91,92,93,99,100,101,102,103,104,105,106,107)/p+1. The number of hydrogen-bond donors (Lipinski definition) is 6. The highest BCUT2D eigenvalue weighted by Gasteiger charge is 2.25. The highest BCUT2D eigenvalue weighted by atomic mass is 16.6. The van der Waals surface area contributed by atoms with Gasteiger partial charge in [0.1, 0.15) is 19.8 Å². The zero-order valence-corrected chi connectivity index (χ0v) is 82.1. The van der Waals surface area contributed by atoms with Gasteiger partial charge in [-0.05, 0) is 32.9 Å². The van der Waals surface area contributed by atoms with Gasteiger partial charge in [-0.3, -0.25) is 48.4 Å². The number of methoxy groups -OCH3 is 2. The maximum Gasteiger partial charge on any atom is 0.317 e. The largest absolute Gasteiger partial charge is 0.487 e. The monoisotopic (exact) mass is 1970 g/mol. The third-order valence-corrected chi connectivity index (χ3v) is 19.9. The van der Waals surface area contributed by atoms with Crippen molar-refractivity contribution in [3.8, 4) is 17.2 Å². The van der Waals surface area contributed by atoms with Crippen LogP contribution in [0.15, 0.2) is 12.1 Å². The molecule has 0 bridgehead atoms. The van der Waals surface area contributed by atoms with Gasteiger partial charge >= 0.3 is 17.9 Å². The molecule has 1 fully saturated rings. The molecule has 1 aromatic rings. The van der Waals surface area contributed by atoms with Crippen LogP contribution in [0.25, 0.3) is 0 Å². The lowest BCUT2D eigenvalue weighted by atomic mass is 10.1. The highest BCUT2D eigenvalue weighted by Crippen LogP contribution is 2.39. The van der Waals surface area contributed by atoms with Gasteiger partial charge in [0.2, 0.25) is 17.6 Å². The Morgan fingerprint density at radius 3 is 0.735 bits per heavy atom. The summed E-state index contributed by atoms with van der Waals surface area (Å²) in [4.78, 5) is 82.4. The first-order chi connectivity index (χ1) is 66.7. The quantitative estimate of drug-likeness (QED) is 0.0274. The molecule has 1 heterocycles. The molecule has 796 valence electrons. The Bertz CT molecular complexity index is 2810. The second-order valence-electron chi connectivity index (χ2n) is 30.1. The van der Waals surface area contributed by atoms with Gasteiger partial charge in [0.15, 0.2) is 11.5 Å². The minimum atomic E-state index is -1.09. The van der Waals surface area contributed by atoms with Crippen molar-refractivity contribution in [1.82, 2.24) is 35.6 Å². The summed E-state index contributed by atoms with van der Waals surface area (Å²) in [6, 6.07) is 2.94. The van der Waals surface area contributed by atoms with Gasteiger partial charge < -0.3 is 173 Å². The van der Waals surface area contributed by atoms with E-state index in [1.54, 1.807) is 33.8 Å². The summed E-state index contributed by atoms with van der Waals surface area (Å²) in [5.41, 5.74) is 0.0613. The molecular formula is C90H169N8O38+. The molecule has 1 saturated heterocycles. The van der Waals surface area contributed by atoms with Crippen LogP contribution in [0.3, 0.4) is 0 Å². The van der Waals surface area contributed by atoms with E-state index in [9.17, 15) is 44.1 Å². The maximum absolute atomic E-state index is 14.2.